The Bertz CT molecular complexity index is 934. The average Bonchev–Trinajstić information content (AvgIpc) is 3.00. The van der Waals surface area contributed by atoms with Crippen LogP contribution < -0.4 is 11.1 Å². The molecule has 0 spiro atoms. The fourth-order valence-corrected chi connectivity index (χ4v) is 7.22. The minimum atomic E-state index is -1.05. The van der Waals surface area contributed by atoms with Crippen LogP contribution in [0.5, 0.6) is 0 Å². The summed E-state index contributed by atoms with van der Waals surface area (Å²) in [5, 5.41) is 3.90. The molecule has 3 unspecified atom stereocenters. The van der Waals surface area contributed by atoms with E-state index in [1.165, 1.54) is 0 Å². The molecule has 6 nitrogen and oxygen atoms in total. The Morgan fingerprint density at radius 2 is 1.94 bits per heavy atom. The summed E-state index contributed by atoms with van der Waals surface area (Å²) in [5.41, 5.74) is 5.32. The maximum Gasteiger partial charge on any atom is 0.238 e. The molecule has 0 radical (unpaired) electrons. The summed E-state index contributed by atoms with van der Waals surface area (Å²) in [4.78, 5) is 40.5. The molecule has 5 aliphatic rings. The Morgan fingerprint density at radius 1 is 1.23 bits per heavy atom. The second-order valence-corrected chi connectivity index (χ2v) is 11.0. The molecule has 31 heavy (non-hydrogen) atoms. The molecule has 1 aliphatic heterocycles. The van der Waals surface area contributed by atoms with Gasteiger partial charge in [-0.3, -0.25) is 14.4 Å². The van der Waals surface area contributed by atoms with Gasteiger partial charge in [-0.1, -0.05) is 23.7 Å². The van der Waals surface area contributed by atoms with Crippen LogP contribution in [0.1, 0.15) is 51.0 Å². The third-order valence-electron chi connectivity index (χ3n) is 8.50. The lowest BCUT2D eigenvalue weighted by molar-refractivity contribution is -0.151. The van der Waals surface area contributed by atoms with Gasteiger partial charge in [-0.05, 0) is 80.9 Å². The van der Waals surface area contributed by atoms with E-state index >= 15 is 0 Å². The SMILES string of the molecule is CC1(C(=O)NC2C3CC4CC2CC(C(N)=O)(C4)C3)CCN(Cc2cccc(Cl)c2)C1=O. The Morgan fingerprint density at radius 3 is 2.58 bits per heavy atom. The minimum Gasteiger partial charge on any atom is -0.369 e. The van der Waals surface area contributed by atoms with Crippen molar-refractivity contribution in [3.8, 4) is 0 Å². The number of hydrogen-bond acceptors (Lipinski definition) is 3. The predicted octanol–water partition coefficient (Wildman–Crippen LogP) is 2.88. The molecule has 5 fully saturated rings. The number of benzene rings is 1. The maximum absolute atomic E-state index is 13.4. The maximum atomic E-state index is 13.4. The van der Waals surface area contributed by atoms with E-state index < -0.39 is 5.41 Å². The van der Waals surface area contributed by atoms with E-state index in [9.17, 15) is 14.4 Å². The van der Waals surface area contributed by atoms with Crippen molar-refractivity contribution >= 4 is 29.3 Å². The van der Waals surface area contributed by atoms with Crippen molar-refractivity contribution in [2.45, 2.75) is 58.0 Å². The van der Waals surface area contributed by atoms with Gasteiger partial charge >= 0.3 is 0 Å². The number of nitrogens with zero attached hydrogens (tertiary/aromatic N) is 1. The molecule has 1 heterocycles. The molecule has 3 amide bonds. The van der Waals surface area contributed by atoms with Crippen molar-refractivity contribution < 1.29 is 14.4 Å². The van der Waals surface area contributed by atoms with Crippen LogP contribution in [0.25, 0.3) is 0 Å². The van der Waals surface area contributed by atoms with Gasteiger partial charge in [-0.15, -0.1) is 0 Å². The monoisotopic (exact) mass is 443 g/mol. The number of primary amides is 1. The first kappa shape index (κ1) is 20.8. The van der Waals surface area contributed by atoms with Gasteiger partial charge in [0.25, 0.3) is 0 Å². The van der Waals surface area contributed by atoms with Crippen LogP contribution in [-0.4, -0.2) is 35.2 Å². The van der Waals surface area contributed by atoms with Gasteiger partial charge < -0.3 is 16.0 Å². The van der Waals surface area contributed by atoms with Crippen LogP contribution in [0.3, 0.4) is 0 Å². The molecule has 0 aromatic heterocycles. The first-order valence-corrected chi connectivity index (χ1v) is 11.7. The number of nitrogens with two attached hydrogens (primary N) is 1. The highest BCUT2D eigenvalue weighted by Gasteiger charge is 2.59. The van der Waals surface area contributed by atoms with Crippen molar-refractivity contribution in [2.75, 3.05) is 6.54 Å². The standard InChI is InChI=1S/C24H30ClN3O3/c1-23(5-6-28(22(23)31)13-14-3-2-4-18(25)9-14)21(30)27-19-16-7-15-8-17(19)12-24(10-15,11-16)20(26)29/h2-4,9,15-17,19H,5-8,10-13H2,1H3,(H2,26,29)(H,27,30). The highest BCUT2D eigenvalue weighted by molar-refractivity contribution is 6.30. The summed E-state index contributed by atoms with van der Waals surface area (Å²) >= 11 is 6.07. The van der Waals surface area contributed by atoms with Crippen molar-refractivity contribution in [2.24, 2.45) is 34.3 Å². The van der Waals surface area contributed by atoms with E-state index in [0.29, 0.717) is 30.5 Å². The lowest BCUT2D eigenvalue weighted by Crippen LogP contribution is -2.63. The topological polar surface area (TPSA) is 92.5 Å². The van der Waals surface area contributed by atoms with E-state index in [4.69, 9.17) is 17.3 Å². The summed E-state index contributed by atoms with van der Waals surface area (Å²) in [6.45, 7) is 2.78. The second kappa shape index (κ2) is 7.22. The fraction of sp³-hybridized carbons (Fsp3) is 0.625. The van der Waals surface area contributed by atoms with Crippen LogP contribution in [0.4, 0.5) is 0 Å². The summed E-state index contributed by atoms with van der Waals surface area (Å²) in [5.74, 6) is 0.635. The van der Waals surface area contributed by atoms with E-state index in [1.54, 1.807) is 11.8 Å². The summed E-state index contributed by atoms with van der Waals surface area (Å²) in [6, 6.07) is 7.52. The van der Waals surface area contributed by atoms with Gasteiger partial charge in [-0.2, -0.15) is 0 Å². The zero-order valence-corrected chi connectivity index (χ0v) is 18.7. The Hall–Kier alpha value is -2.08. The molecule has 6 rings (SSSR count). The van der Waals surface area contributed by atoms with E-state index in [1.807, 2.05) is 24.3 Å². The lowest BCUT2D eigenvalue weighted by Gasteiger charge is -2.59. The summed E-state index contributed by atoms with van der Waals surface area (Å²) in [6.07, 6.45) is 5.04. The Balaban J connectivity index is 1.28. The third-order valence-corrected chi connectivity index (χ3v) is 8.73. The van der Waals surface area contributed by atoms with Crippen LogP contribution in [0, 0.1) is 28.6 Å². The molecule has 4 aliphatic carbocycles. The first-order valence-electron chi connectivity index (χ1n) is 11.3. The van der Waals surface area contributed by atoms with Crippen LogP contribution in [-0.2, 0) is 20.9 Å². The molecule has 3 atom stereocenters. The number of rotatable bonds is 5. The largest absolute Gasteiger partial charge is 0.369 e. The molecule has 3 N–H and O–H groups in total. The molecule has 1 saturated heterocycles. The van der Waals surface area contributed by atoms with Crippen LogP contribution in [0.2, 0.25) is 5.02 Å². The number of likely N-dealkylation sites (tertiary alicyclic amines) is 1. The number of amides is 3. The fourth-order valence-electron chi connectivity index (χ4n) is 7.01. The van der Waals surface area contributed by atoms with Crippen molar-refractivity contribution in [3.63, 3.8) is 0 Å². The zero-order valence-electron chi connectivity index (χ0n) is 17.9. The number of hydrogen-bond donors (Lipinski definition) is 2. The Labute approximate surface area is 187 Å². The molecule has 166 valence electrons. The second-order valence-electron chi connectivity index (χ2n) is 10.6. The van der Waals surface area contributed by atoms with Gasteiger partial charge in [0, 0.05) is 29.6 Å². The van der Waals surface area contributed by atoms with Gasteiger partial charge in [0.05, 0.1) is 0 Å². The highest BCUT2D eigenvalue weighted by Crippen LogP contribution is 2.60. The number of halogens is 1. The molecule has 1 aromatic carbocycles. The summed E-state index contributed by atoms with van der Waals surface area (Å²) in [7, 11) is 0. The Kier molecular flexibility index (Phi) is 4.85. The van der Waals surface area contributed by atoms with Crippen molar-refractivity contribution in [1.82, 2.24) is 10.2 Å². The molecule has 7 heteroatoms. The molecule has 1 aromatic rings. The van der Waals surface area contributed by atoms with E-state index in [0.717, 1.165) is 37.7 Å². The van der Waals surface area contributed by atoms with Crippen molar-refractivity contribution in [1.29, 1.82) is 0 Å². The van der Waals surface area contributed by atoms with Crippen LogP contribution >= 0.6 is 11.6 Å². The van der Waals surface area contributed by atoms with E-state index in [-0.39, 0.29) is 41.0 Å². The molecular weight excluding hydrogens is 414 g/mol. The van der Waals surface area contributed by atoms with Gasteiger partial charge in [0.2, 0.25) is 17.7 Å². The first-order chi connectivity index (χ1) is 14.7. The molecular formula is C24H30ClN3O3. The van der Waals surface area contributed by atoms with Gasteiger partial charge in [0.15, 0.2) is 0 Å². The number of carbonyl (C=O) groups is 3. The van der Waals surface area contributed by atoms with Gasteiger partial charge in [-0.25, -0.2) is 0 Å². The molecule has 4 bridgehead atoms. The zero-order chi connectivity index (χ0) is 22.0. The lowest BCUT2D eigenvalue weighted by atomic mass is 9.47. The van der Waals surface area contributed by atoms with Crippen LogP contribution in [0.15, 0.2) is 24.3 Å². The van der Waals surface area contributed by atoms with Gasteiger partial charge in [0.1, 0.15) is 5.41 Å². The van der Waals surface area contributed by atoms with Crippen molar-refractivity contribution in [3.05, 3.63) is 34.9 Å². The minimum absolute atomic E-state index is 0.0446. The predicted molar refractivity (Wildman–Crippen MR) is 117 cm³/mol. The average molecular weight is 444 g/mol. The normalized spacial score (nSPS) is 38.5. The number of nitrogens with one attached hydrogen (secondary N) is 1. The summed E-state index contributed by atoms with van der Waals surface area (Å²) < 4.78 is 0. The highest BCUT2D eigenvalue weighted by atomic mass is 35.5. The quantitative estimate of drug-likeness (QED) is 0.685. The number of carbonyl (C=O) groups excluding carboxylic acids is 3. The smallest absolute Gasteiger partial charge is 0.238 e. The molecule has 4 saturated carbocycles. The third kappa shape index (κ3) is 3.34. The van der Waals surface area contributed by atoms with E-state index in [2.05, 4.69) is 5.32 Å².